The fraction of sp³-hybridized carbons (Fsp3) is 0.375. The van der Waals surface area contributed by atoms with E-state index in [1.54, 1.807) is 11.0 Å². The maximum atomic E-state index is 14.2. The first kappa shape index (κ1) is 27.6. The molecule has 7 nitrogen and oxygen atoms in total. The summed E-state index contributed by atoms with van der Waals surface area (Å²) >= 11 is 0. The lowest BCUT2D eigenvalue weighted by Crippen LogP contribution is -2.49. The number of hydrogen-bond donors (Lipinski definition) is 0. The Labute approximate surface area is 235 Å². The van der Waals surface area contributed by atoms with E-state index in [2.05, 4.69) is 40.1 Å². The third-order valence-electron chi connectivity index (χ3n) is 7.73. The van der Waals surface area contributed by atoms with E-state index in [-0.39, 0.29) is 17.8 Å². The quantitative estimate of drug-likeness (QED) is 0.378. The van der Waals surface area contributed by atoms with Crippen LogP contribution in [-0.4, -0.2) is 68.6 Å². The van der Waals surface area contributed by atoms with Gasteiger partial charge in [0.25, 0.3) is 5.91 Å². The summed E-state index contributed by atoms with van der Waals surface area (Å²) in [4.78, 5) is 19.5. The molecule has 0 spiro atoms. The number of carbonyl (C=O) groups is 1. The van der Waals surface area contributed by atoms with E-state index in [0.717, 1.165) is 24.2 Å². The lowest BCUT2D eigenvalue weighted by Gasteiger charge is -2.36. The largest absolute Gasteiger partial charge is 0.494 e. The number of ether oxygens (including phenoxy) is 2. The average molecular weight is 543 g/mol. The molecule has 0 bridgehead atoms. The van der Waals surface area contributed by atoms with Gasteiger partial charge in [-0.3, -0.25) is 9.69 Å². The molecule has 2 fully saturated rings. The second-order valence-corrected chi connectivity index (χ2v) is 10.3. The molecule has 0 unspecified atom stereocenters. The molecule has 40 heavy (non-hydrogen) atoms. The molecule has 2 aliphatic rings. The molecular formula is C32H35FN4O3. The van der Waals surface area contributed by atoms with Gasteiger partial charge in [-0.2, -0.15) is 5.26 Å². The van der Waals surface area contributed by atoms with Crippen molar-refractivity contribution in [1.29, 1.82) is 5.26 Å². The highest BCUT2D eigenvalue weighted by Crippen LogP contribution is 2.28. The van der Waals surface area contributed by atoms with Crippen molar-refractivity contribution in [3.05, 3.63) is 94.8 Å². The number of benzene rings is 3. The summed E-state index contributed by atoms with van der Waals surface area (Å²) in [7, 11) is 1.41. The molecule has 0 saturated carbocycles. The van der Waals surface area contributed by atoms with Crippen molar-refractivity contribution in [3.8, 4) is 11.8 Å². The Morgan fingerprint density at radius 1 is 0.975 bits per heavy atom. The molecule has 0 N–H and O–H groups in total. The normalized spacial score (nSPS) is 16.5. The Hall–Kier alpha value is -3.93. The minimum absolute atomic E-state index is 0.127. The number of anilines is 1. The highest BCUT2D eigenvalue weighted by molar-refractivity contribution is 5.94. The lowest BCUT2D eigenvalue weighted by atomic mass is 10.1. The molecule has 0 radical (unpaired) electrons. The number of halogens is 1. The maximum absolute atomic E-state index is 14.2. The molecular weight excluding hydrogens is 507 g/mol. The van der Waals surface area contributed by atoms with Gasteiger partial charge < -0.3 is 19.3 Å². The molecule has 0 aromatic heterocycles. The van der Waals surface area contributed by atoms with Gasteiger partial charge in [-0.05, 0) is 66.4 Å². The molecule has 8 heteroatoms. The van der Waals surface area contributed by atoms with Crippen molar-refractivity contribution < 1.29 is 18.7 Å². The van der Waals surface area contributed by atoms with Crippen LogP contribution in [0, 0.1) is 17.1 Å². The number of nitriles is 1. The number of hydrogen-bond acceptors (Lipinski definition) is 6. The number of carbonyl (C=O) groups excluding carboxylic acids is 1. The summed E-state index contributed by atoms with van der Waals surface area (Å²) in [6.45, 7) is 5.80. The van der Waals surface area contributed by atoms with Gasteiger partial charge in [0.2, 0.25) is 0 Å². The minimum atomic E-state index is -0.537. The van der Waals surface area contributed by atoms with Crippen molar-refractivity contribution in [2.75, 3.05) is 57.8 Å². The minimum Gasteiger partial charge on any atom is -0.494 e. The Balaban J connectivity index is 1.25. The first-order chi connectivity index (χ1) is 19.5. The first-order valence-electron chi connectivity index (χ1n) is 13.8. The van der Waals surface area contributed by atoms with Crippen LogP contribution in [0.4, 0.5) is 10.1 Å². The molecule has 208 valence electrons. The van der Waals surface area contributed by atoms with E-state index in [0.29, 0.717) is 50.5 Å². The van der Waals surface area contributed by atoms with Crippen molar-refractivity contribution in [2.24, 2.45) is 0 Å². The summed E-state index contributed by atoms with van der Waals surface area (Å²) in [6.07, 6.45) is 2.28. The van der Waals surface area contributed by atoms with Crippen molar-refractivity contribution in [2.45, 2.75) is 25.6 Å². The predicted octanol–water partition coefficient (Wildman–Crippen LogP) is 5.02. The highest BCUT2D eigenvalue weighted by Gasteiger charge is 2.26. The highest BCUT2D eigenvalue weighted by atomic mass is 19.1. The zero-order valence-electron chi connectivity index (χ0n) is 22.9. The maximum Gasteiger partial charge on any atom is 0.254 e. The molecule has 3 aromatic carbocycles. The summed E-state index contributed by atoms with van der Waals surface area (Å²) < 4.78 is 25.7. The average Bonchev–Trinajstić information content (AvgIpc) is 3.55. The van der Waals surface area contributed by atoms with Crippen LogP contribution >= 0.6 is 0 Å². The predicted molar refractivity (Wildman–Crippen MR) is 152 cm³/mol. The Morgan fingerprint density at radius 2 is 1.73 bits per heavy atom. The molecule has 2 aliphatic heterocycles. The van der Waals surface area contributed by atoms with Crippen molar-refractivity contribution in [1.82, 2.24) is 9.80 Å². The monoisotopic (exact) mass is 542 g/mol. The van der Waals surface area contributed by atoms with Crippen LogP contribution in [0.1, 0.15) is 46.0 Å². The molecule has 1 atom stereocenters. The summed E-state index contributed by atoms with van der Waals surface area (Å²) in [5.41, 5.74) is 4.33. The van der Waals surface area contributed by atoms with E-state index < -0.39 is 5.82 Å². The summed E-state index contributed by atoms with van der Waals surface area (Å²) in [5, 5.41) is 9.11. The number of nitrogens with zero attached hydrogens (tertiary/aromatic N) is 4. The lowest BCUT2D eigenvalue weighted by molar-refractivity contribution is 0.00343. The third-order valence-corrected chi connectivity index (χ3v) is 7.73. The van der Waals surface area contributed by atoms with Crippen molar-refractivity contribution >= 4 is 11.6 Å². The molecule has 0 aliphatic carbocycles. The summed E-state index contributed by atoms with van der Waals surface area (Å²) in [6, 6.07) is 22.6. The Morgan fingerprint density at radius 3 is 2.40 bits per heavy atom. The topological polar surface area (TPSA) is 69.0 Å². The number of methoxy groups -OCH3 is 1. The van der Waals surface area contributed by atoms with Gasteiger partial charge in [-0.25, -0.2) is 4.39 Å². The SMILES string of the molecule is COc1ccc(C(=O)N2CCN(C[C@@H](OCc3ccc(C#N)cc3)c3cccc(N4CCCC4)c3)CC2)cc1F. The molecule has 2 heterocycles. The van der Waals surface area contributed by atoms with Gasteiger partial charge in [0.1, 0.15) is 0 Å². The zero-order valence-corrected chi connectivity index (χ0v) is 22.9. The van der Waals surface area contributed by atoms with Crippen LogP contribution in [0.5, 0.6) is 5.75 Å². The van der Waals surface area contributed by atoms with Crippen LogP contribution in [-0.2, 0) is 11.3 Å². The second kappa shape index (κ2) is 12.9. The zero-order chi connectivity index (χ0) is 27.9. The van der Waals surface area contributed by atoms with E-state index in [1.165, 1.54) is 37.8 Å². The van der Waals surface area contributed by atoms with Gasteiger partial charge in [-0.15, -0.1) is 0 Å². The Bertz CT molecular complexity index is 1340. The fourth-order valence-corrected chi connectivity index (χ4v) is 5.37. The van der Waals surface area contributed by atoms with E-state index >= 15 is 0 Å². The smallest absolute Gasteiger partial charge is 0.254 e. The third kappa shape index (κ3) is 6.61. The first-order valence-corrected chi connectivity index (χ1v) is 13.8. The number of amides is 1. The van der Waals surface area contributed by atoms with Gasteiger partial charge in [-0.1, -0.05) is 24.3 Å². The standard InChI is InChI=1S/C32H35FN4O3/c1-39-30-12-11-27(20-29(30)33)32(38)37-17-15-35(16-18-37)22-31(40-23-25-9-7-24(21-34)8-10-25)26-5-4-6-28(19-26)36-13-2-3-14-36/h4-12,19-20,31H,2-3,13-18,22-23H2,1H3/t31-/m1/s1. The van der Waals surface area contributed by atoms with E-state index in [4.69, 9.17) is 14.7 Å². The van der Waals surface area contributed by atoms with Crippen LogP contribution < -0.4 is 9.64 Å². The van der Waals surface area contributed by atoms with Gasteiger partial charge in [0.15, 0.2) is 11.6 Å². The molecule has 5 rings (SSSR count). The van der Waals surface area contributed by atoms with Crippen LogP contribution in [0.25, 0.3) is 0 Å². The summed E-state index contributed by atoms with van der Waals surface area (Å²) in [5.74, 6) is -0.583. The van der Waals surface area contributed by atoms with Crippen LogP contribution in [0.15, 0.2) is 66.7 Å². The molecule has 1 amide bonds. The van der Waals surface area contributed by atoms with Crippen LogP contribution in [0.2, 0.25) is 0 Å². The fourth-order valence-electron chi connectivity index (χ4n) is 5.37. The van der Waals surface area contributed by atoms with E-state index in [1.807, 2.05) is 24.3 Å². The van der Waals surface area contributed by atoms with Gasteiger partial charge in [0.05, 0.1) is 31.5 Å². The van der Waals surface area contributed by atoms with Gasteiger partial charge >= 0.3 is 0 Å². The van der Waals surface area contributed by atoms with E-state index in [9.17, 15) is 9.18 Å². The van der Waals surface area contributed by atoms with Crippen molar-refractivity contribution in [3.63, 3.8) is 0 Å². The molecule has 3 aromatic rings. The number of rotatable bonds is 9. The van der Waals surface area contributed by atoms with Crippen LogP contribution in [0.3, 0.4) is 0 Å². The molecule has 2 saturated heterocycles. The Kier molecular flexibility index (Phi) is 8.94. The number of piperazine rings is 1. The second-order valence-electron chi connectivity index (χ2n) is 10.3. The van der Waals surface area contributed by atoms with Gasteiger partial charge in [0, 0.05) is 57.1 Å².